The molecule has 1 aromatic heterocycles. The van der Waals surface area contributed by atoms with E-state index >= 15 is 0 Å². The molecule has 23 heavy (non-hydrogen) atoms. The fourth-order valence-corrected chi connectivity index (χ4v) is 4.24. The van der Waals surface area contributed by atoms with E-state index < -0.39 is 10.0 Å². The summed E-state index contributed by atoms with van der Waals surface area (Å²) in [5.41, 5.74) is 0. The Morgan fingerprint density at radius 3 is 2.78 bits per heavy atom. The molecule has 1 aliphatic carbocycles. The SMILES string of the molecule is CS(=O)(=O)N1CCC(c2nc(CCOCC3CCCC3)no2)C1. The van der Waals surface area contributed by atoms with Crippen LogP contribution in [0.3, 0.4) is 0 Å². The molecule has 1 unspecified atom stereocenters. The van der Waals surface area contributed by atoms with Crippen LogP contribution < -0.4 is 0 Å². The normalized spacial score (nSPS) is 23.8. The largest absolute Gasteiger partial charge is 0.381 e. The van der Waals surface area contributed by atoms with Gasteiger partial charge in [-0.3, -0.25) is 0 Å². The molecule has 8 heteroatoms. The van der Waals surface area contributed by atoms with Gasteiger partial charge in [-0.05, 0) is 25.2 Å². The zero-order chi connectivity index (χ0) is 16.3. The Kier molecular flexibility index (Phi) is 5.33. The lowest BCUT2D eigenvalue weighted by molar-refractivity contribution is 0.102. The molecule has 2 aliphatic rings. The molecule has 0 amide bonds. The van der Waals surface area contributed by atoms with Gasteiger partial charge in [0.05, 0.1) is 18.8 Å². The van der Waals surface area contributed by atoms with Crippen molar-refractivity contribution in [3.63, 3.8) is 0 Å². The van der Waals surface area contributed by atoms with Crippen LogP contribution in [0.25, 0.3) is 0 Å². The third kappa shape index (κ3) is 4.51. The third-order valence-electron chi connectivity index (χ3n) is 4.75. The first-order valence-corrected chi connectivity index (χ1v) is 10.2. The molecule has 0 spiro atoms. The monoisotopic (exact) mass is 343 g/mol. The molecule has 7 nitrogen and oxygen atoms in total. The first kappa shape index (κ1) is 16.9. The predicted octanol–water partition coefficient (Wildman–Crippen LogP) is 1.57. The molecular formula is C15H25N3O4S. The summed E-state index contributed by atoms with van der Waals surface area (Å²) in [6.07, 6.45) is 7.82. The van der Waals surface area contributed by atoms with Crippen molar-refractivity contribution >= 4 is 10.0 Å². The number of ether oxygens (including phenoxy) is 1. The quantitative estimate of drug-likeness (QED) is 0.699. The minimum absolute atomic E-state index is 0.00498. The summed E-state index contributed by atoms with van der Waals surface area (Å²) in [4.78, 5) is 4.40. The molecule has 1 atom stereocenters. The molecular weight excluding hydrogens is 318 g/mol. The van der Waals surface area contributed by atoms with Crippen LogP contribution in [0.5, 0.6) is 0 Å². The summed E-state index contributed by atoms with van der Waals surface area (Å²) in [6.45, 7) is 2.39. The van der Waals surface area contributed by atoms with E-state index in [4.69, 9.17) is 9.26 Å². The molecule has 1 saturated heterocycles. The van der Waals surface area contributed by atoms with E-state index in [-0.39, 0.29) is 5.92 Å². The van der Waals surface area contributed by atoms with Gasteiger partial charge >= 0.3 is 0 Å². The van der Waals surface area contributed by atoms with Crippen molar-refractivity contribution in [3.05, 3.63) is 11.7 Å². The zero-order valence-electron chi connectivity index (χ0n) is 13.6. The van der Waals surface area contributed by atoms with E-state index in [1.165, 1.54) is 36.2 Å². The van der Waals surface area contributed by atoms with Crippen molar-refractivity contribution in [3.8, 4) is 0 Å². The highest BCUT2D eigenvalue weighted by Crippen LogP contribution is 2.27. The first-order valence-electron chi connectivity index (χ1n) is 8.37. The average molecular weight is 343 g/mol. The minimum Gasteiger partial charge on any atom is -0.381 e. The molecule has 0 radical (unpaired) electrons. The zero-order valence-corrected chi connectivity index (χ0v) is 14.4. The van der Waals surface area contributed by atoms with Crippen molar-refractivity contribution in [2.24, 2.45) is 5.92 Å². The lowest BCUT2D eigenvalue weighted by atomic mass is 10.1. The highest BCUT2D eigenvalue weighted by molar-refractivity contribution is 7.88. The molecule has 2 fully saturated rings. The second kappa shape index (κ2) is 7.27. The average Bonchev–Trinajstić information content (AvgIpc) is 3.22. The smallest absolute Gasteiger partial charge is 0.231 e. The summed E-state index contributed by atoms with van der Waals surface area (Å²) >= 11 is 0. The van der Waals surface area contributed by atoms with Crippen molar-refractivity contribution in [2.75, 3.05) is 32.6 Å². The van der Waals surface area contributed by atoms with Crippen LogP contribution in [-0.2, 0) is 21.2 Å². The molecule has 0 bridgehead atoms. The van der Waals surface area contributed by atoms with Gasteiger partial charge in [-0.25, -0.2) is 12.7 Å². The maximum atomic E-state index is 11.5. The second-order valence-corrected chi connectivity index (χ2v) is 8.61. The van der Waals surface area contributed by atoms with Crippen molar-refractivity contribution in [1.82, 2.24) is 14.4 Å². The fraction of sp³-hybridized carbons (Fsp3) is 0.867. The molecule has 1 aromatic rings. The predicted molar refractivity (Wildman–Crippen MR) is 84.6 cm³/mol. The van der Waals surface area contributed by atoms with Crippen molar-refractivity contribution in [1.29, 1.82) is 0 Å². The van der Waals surface area contributed by atoms with Gasteiger partial charge in [-0.1, -0.05) is 18.0 Å². The summed E-state index contributed by atoms with van der Waals surface area (Å²) in [7, 11) is -3.14. The Balaban J connectivity index is 1.43. The summed E-state index contributed by atoms with van der Waals surface area (Å²) < 4.78 is 35.6. The van der Waals surface area contributed by atoms with Crippen LogP contribution in [0.1, 0.15) is 49.7 Å². The van der Waals surface area contributed by atoms with E-state index in [1.54, 1.807) is 0 Å². The van der Waals surface area contributed by atoms with E-state index in [0.717, 1.165) is 18.9 Å². The van der Waals surface area contributed by atoms with Gasteiger partial charge in [0.1, 0.15) is 0 Å². The first-order chi connectivity index (χ1) is 11.0. The van der Waals surface area contributed by atoms with Crippen LogP contribution in [0.4, 0.5) is 0 Å². The van der Waals surface area contributed by atoms with Crippen molar-refractivity contribution in [2.45, 2.75) is 44.4 Å². The van der Waals surface area contributed by atoms with Gasteiger partial charge in [0.25, 0.3) is 0 Å². The van der Waals surface area contributed by atoms with Crippen LogP contribution in [-0.4, -0.2) is 55.4 Å². The van der Waals surface area contributed by atoms with Gasteiger partial charge in [0.2, 0.25) is 15.9 Å². The van der Waals surface area contributed by atoms with Gasteiger partial charge in [-0.2, -0.15) is 4.98 Å². The van der Waals surface area contributed by atoms with Crippen LogP contribution >= 0.6 is 0 Å². The number of aromatic nitrogens is 2. The highest BCUT2D eigenvalue weighted by Gasteiger charge is 2.32. The summed E-state index contributed by atoms with van der Waals surface area (Å²) in [5, 5.41) is 3.98. The number of hydrogen-bond donors (Lipinski definition) is 0. The van der Waals surface area contributed by atoms with Gasteiger partial charge in [0.15, 0.2) is 5.82 Å². The molecule has 0 aromatic carbocycles. The topological polar surface area (TPSA) is 85.5 Å². The Labute approximate surface area is 137 Å². The second-order valence-electron chi connectivity index (χ2n) is 6.63. The van der Waals surface area contributed by atoms with Crippen LogP contribution in [0.2, 0.25) is 0 Å². The maximum absolute atomic E-state index is 11.5. The lowest BCUT2D eigenvalue weighted by Crippen LogP contribution is -2.27. The molecule has 1 saturated carbocycles. The third-order valence-corrected chi connectivity index (χ3v) is 6.02. The van der Waals surface area contributed by atoms with Gasteiger partial charge in [0, 0.05) is 26.1 Å². The van der Waals surface area contributed by atoms with E-state index in [1.807, 2.05) is 0 Å². The van der Waals surface area contributed by atoms with Gasteiger partial charge < -0.3 is 9.26 Å². The summed E-state index contributed by atoms with van der Waals surface area (Å²) in [5.74, 6) is 1.91. The fourth-order valence-electron chi connectivity index (χ4n) is 3.36. The van der Waals surface area contributed by atoms with E-state index in [0.29, 0.717) is 37.8 Å². The van der Waals surface area contributed by atoms with Gasteiger partial charge in [-0.15, -0.1) is 0 Å². The van der Waals surface area contributed by atoms with Crippen molar-refractivity contribution < 1.29 is 17.7 Å². The Morgan fingerprint density at radius 2 is 2.09 bits per heavy atom. The standard InChI is InChI=1S/C15H25N3O4S/c1-23(19,20)18-8-6-13(10-18)15-16-14(17-22-15)7-9-21-11-12-4-2-3-5-12/h12-13H,2-11H2,1H3. The maximum Gasteiger partial charge on any atom is 0.231 e. The molecule has 130 valence electrons. The number of nitrogens with zero attached hydrogens (tertiary/aromatic N) is 3. The lowest BCUT2D eigenvalue weighted by Gasteiger charge is -2.11. The molecule has 0 N–H and O–H groups in total. The molecule has 3 rings (SSSR count). The Bertz CT molecular complexity index is 610. The summed E-state index contributed by atoms with van der Waals surface area (Å²) in [6, 6.07) is 0. The van der Waals surface area contributed by atoms with E-state index in [2.05, 4.69) is 10.1 Å². The van der Waals surface area contributed by atoms with Crippen LogP contribution in [0, 0.1) is 5.92 Å². The number of sulfonamides is 1. The molecule has 1 aliphatic heterocycles. The Morgan fingerprint density at radius 1 is 1.30 bits per heavy atom. The number of rotatable bonds is 7. The van der Waals surface area contributed by atoms with Crippen LogP contribution in [0.15, 0.2) is 4.52 Å². The number of hydrogen-bond acceptors (Lipinski definition) is 6. The highest BCUT2D eigenvalue weighted by atomic mass is 32.2. The minimum atomic E-state index is -3.14. The Hall–Kier alpha value is -0.990. The van der Waals surface area contributed by atoms with E-state index in [9.17, 15) is 8.42 Å². The molecule has 2 heterocycles.